The number of nitrogens with zero attached hydrogens (tertiary/aromatic N) is 1. The first kappa shape index (κ1) is 10.7. The maximum atomic E-state index is 5.53. The van der Waals surface area contributed by atoms with Crippen molar-refractivity contribution >= 4 is 11.6 Å². The molecular formula is C12H12ClN. The molecule has 1 nitrogen and oxygen atoms in total. The van der Waals surface area contributed by atoms with Gasteiger partial charge in [-0.25, -0.2) is 0 Å². The maximum Gasteiger partial charge on any atom is 0.0474 e. The first-order chi connectivity index (χ1) is 6.93. The molecule has 0 bridgehead atoms. The van der Waals surface area contributed by atoms with Crippen molar-refractivity contribution in [1.82, 2.24) is 4.98 Å². The Morgan fingerprint density at radius 2 is 1.43 bits per heavy atom. The molecule has 0 unspecified atom stereocenters. The standard InChI is InChI=1S/C7H7Cl.C5H5N/c8-6-7-4-2-1-3-5-7;1-2-4-6-5-3-1/h1-5H,6H2;1-5H. The molecule has 2 rings (SSSR count). The predicted octanol–water partition coefficient (Wildman–Crippen LogP) is 3.51. The van der Waals surface area contributed by atoms with Crippen LogP contribution in [0.3, 0.4) is 0 Å². The molecule has 0 radical (unpaired) electrons. The summed E-state index contributed by atoms with van der Waals surface area (Å²) in [5, 5.41) is 0. The fourth-order valence-corrected chi connectivity index (χ4v) is 1.06. The van der Waals surface area contributed by atoms with E-state index in [-0.39, 0.29) is 0 Å². The maximum absolute atomic E-state index is 5.53. The Labute approximate surface area is 89.4 Å². The monoisotopic (exact) mass is 205 g/mol. The average molecular weight is 206 g/mol. The van der Waals surface area contributed by atoms with Gasteiger partial charge >= 0.3 is 0 Å². The van der Waals surface area contributed by atoms with Gasteiger partial charge in [0, 0.05) is 18.3 Å². The van der Waals surface area contributed by atoms with Gasteiger partial charge in [-0.2, -0.15) is 0 Å². The number of halogens is 1. The highest BCUT2D eigenvalue weighted by molar-refractivity contribution is 6.17. The lowest BCUT2D eigenvalue weighted by Gasteiger charge is -1.88. The molecule has 0 fully saturated rings. The Bertz CT molecular complexity index is 294. The third kappa shape index (κ3) is 4.63. The molecule has 1 aromatic heterocycles. The lowest BCUT2D eigenvalue weighted by atomic mass is 10.2. The minimum atomic E-state index is 0.612. The number of hydrogen-bond donors (Lipinski definition) is 0. The van der Waals surface area contributed by atoms with Gasteiger partial charge in [-0.1, -0.05) is 36.4 Å². The second-order valence-corrected chi connectivity index (χ2v) is 2.91. The first-order valence-electron chi connectivity index (χ1n) is 4.38. The van der Waals surface area contributed by atoms with E-state index in [0.717, 1.165) is 0 Å². The Morgan fingerprint density at radius 3 is 1.71 bits per heavy atom. The topological polar surface area (TPSA) is 12.9 Å². The van der Waals surface area contributed by atoms with Gasteiger partial charge in [-0.15, -0.1) is 11.6 Å². The van der Waals surface area contributed by atoms with Gasteiger partial charge < -0.3 is 0 Å². The number of benzene rings is 1. The van der Waals surface area contributed by atoms with Crippen molar-refractivity contribution in [2.75, 3.05) is 0 Å². The van der Waals surface area contributed by atoms with Gasteiger partial charge in [0.25, 0.3) is 0 Å². The molecule has 1 aromatic carbocycles. The molecule has 1 heterocycles. The Morgan fingerprint density at radius 1 is 0.857 bits per heavy atom. The Kier molecular flexibility index (Phi) is 5.45. The summed E-state index contributed by atoms with van der Waals surface area (Å²) in [7, 11) is 0. The summed E-state index contributed by atoms with van der Waals surface area (Å²) in [6.45, 7) is 0. The minimum Gasteiger partial charge on any atom is -0.265 e. The normalized spacial score (nSPS) is 8.64. The van der Waals surface area contributed by atoms with E-state index in [9.17, 15) is 0 Å². The van der Waals surface area contributed by atoms with Crippen LogP contribution in [-0.4, -0.2) is 4.98 Å². The van der Waals surface area contributed by atoms with Gasteiger partial charge in [-0.05, 0) is 17.7 Å². The summed E-state index contributed by atoms with van der Waals surface area (Å²) in [5.41, 5.74) is 1.18. The molecule has 0 aliphatic rings. The molecule has 14 heavy (non-hydrogen) atoms. The molecule has 2 heteroatoms. The number of alkyl halides is 1. The molecule has 0 aliphatic heterocycles. The fourth-order valence-electron chi connectivity index (χ4n) is 0.880. The van der Waals surface area contributed by atoms with Crippen LogP contribution in [0.25, 0.3) is 0 Å². The molecule has 0 spiro atoms. The smallest absolute Gasteiger partial charge is 0.0474 e. The number of pyridine rings is 1. The lowest BCUT2D eigenvalue weighted by molar-refractivity contribution is 1.33. The van der Waals surface area contributed by atoms with E-state index in [1.165, 1.54) is 5.56 Å². The van der Waals surface area contributed by atoms with Crippen LogP contribution in [0.2, 0.25) is 0 Å². The van der Waals surface area contributed by atoms with E-state index in [2.05, 4.69) is 4.98 Å². The van der Waals surface area contributed by atoms with Crippen molar-refractivity contribution in [2.45, 2.75) is 5.88 Å². The SMILES string of the molecule is ClCc1ccccc1.c1ccncc1. The Balaban J connectivity index is 0.000000146. The van der Waals surface area contributed by atoms with Gasteiger partial charge in [-0.3, -0.25) is 4.98 Å². The molecule has 0 amide bonds. The van der Waals surface area contributed by atoms with E-state index >= 15 is 0 Å². The highest BCUT2D eigenvalue weighted by Crippen LogP contribution is 2.00. The molecule has 2 aromatic rings. The zero-order chi connectivity index (χ0) is 10.1. The zero-order valence-electron chi connectivity index (χ0n) is 7.81. The molecule has 0 saturated heterocycles. The summed E-state index contributed by atoms with van der Waals surface area (Å²) < 4.78 is 0. The average Bonchev–Trinajstić information content (AvgIpc) is 2.33. The van der Waals surface area contributed by atoms with Crippen LogP contribution in [0.1, 0.15) is 5.56 Å². The summed E-state index contributed by atoms with van der Waals surface area (Å²) in [4.78, 5) is 3.78. The van der Waals surface area contributed by atoms with Crippen LogP contribution in [0, 0.1) is 0 Å². The quantitative estimate of drug-likeness (QED) is 0.650. The summed E-state index contributed by atoms with van der Waals surface area (Å²) in [6, 6.07) is 15.7. The first-order valence-corrected chi connectivity index (χ1v) is 4.92. The third-order valence-corrected chi connectivity index (χ3v) is 1.87. The molecule has 0 N–H and O–H groups in total. The molecule has 0 atom stereocenters. The number of hydrogen-bond acceptors (Lipinski definition) is 1. The van der Waals surface area contributed by atoms with Crippen molar-refractivity contribution in [3.8, 4) is 0 Å². The fraction of sp³-hybridized carbons (Fsp3) is 0.0833. The van der Waals surface area contributed by atoms with Crippen molar-refractivity contribution in [2.24, 2.45) is 0 Å². The molecule has 72 valence electrons. The number of rotatable bonds is 1. The van der Waals surface area contributed by atoms with E-state index < -0.39 is 0 Å². The largest absolute Gasteiger partial charge is 0.265 e. The van der Waals surface area contributed by atoms with Gasteiger partial charge in [0.2, 0.25) is 0 Å². The van der Waals surface area contributed by atoms with Crippen molar-refractivity contribution in [3.05, 3.63) is 66.5 Å². The second kappa shape index (κ2) is 7.10. The van der Waals surface area contributed by atoms with E-state index in [1.807, 2.05) is 48.5 Å². The second-order valence-electron chi connectivity index (χ2n) is 2.64. The van der Waals surface area contributed by atoms with E-state index in [1.54, 1.807) is 12.4 Å². The van der Waals surface area contributed by atoms with Crippen molar-refractivity contribution in [1.29, 1.82) is 0 Å². The summed E-state index contributed by atoms with van der Waals surface area (Å²) in [6.07, 6.45) is 3.50. The van der Waals surface area contributed by atoms with Crippen LogP contribution in [-0.2, 0) is 5.88 Å². The molecular weight excluding hydrogens is 194 g/mol. The third-order valence-electron chi connectivity index (χ3n) is 1.56. The molecule has 0 aliphatic carbocycles. The van der Waals surface area contributed by atoms with Crippen LogP contribution in [0.15, 0.2) is 60.9 Å². The van der Waals surface area contributed by atoms with E-state index in [4.69, 9.17) is 11.6 Å². The van der Waals surface area contributed by atoms with Crippen molar-refractivity contribution < 1.29 is 0 Å². The van der Waals surface area contributed by atoms with Crippen LogP contribution in [0.4, 0.5) is 0 Å². The summed E-state index contributed by atoms with van der Waals surface area (Å²) >= 11 is 5.53. The summed E-state index contributed by atoms with van der Waals surface area (Å²) in [5.74, 6) is 0.612. The Hall–Kier alpha value is -1.34. The minimum absolute atomic E-state index is 0.612. The van der Waals surface area contributed by atoms with Crippen LogP contribution < -0.4 is 0 Å². The predicted molar refractivity (Wildman–Crippen MR) is 60.2 cm³/mol. The van der Waals surface area contributed by atoms with Gasteiger partial charge in [0.1, 0.15) is 0 Å². The highest BCUT2D eigenvalue weighted by Gasteiger charge is 1.81. The zero-order valence-corrected chi connectivity index (χ0v) is 8.56. The number of aromatic nitrogens is 1. The van der Waals surface area contributed by atoms with Crippen molar-refractivity contribution in [3.63, 3.8) is 0 Å². The van der Waals surface area contributed by atoms with Crippen LogP contribution >= 0.6 is 11.6 Å². The van der Waals surface area contributed by atoms with Gasteiger partial charge in [0.05, 0.1) is 0 Å². The van der Waals surface area contributed by atoms with Crippen LogP contribution in [0.5, 0.6) is 0 Å². The van der Waals surface area contributed by atoms with Gasteiger partial charge in [0.15, 0.2) is 0 Å². The molecule has 0 saturated carbocycles. The lowest BCUT2D eigenvalue weighted by Crippen LogP contribution is -1.71. The van der Waals surface area contributed by atoms with E-state index in [0.29, 0.717) is 5.88 Å². The highest BCUT2D eigenvalue weighted by atomic mass is 35.5.